The first-order valence-corrected chi connectivity index (χ1v) is 9.69. The predicted octanol–water partition coefficient (Wildman–Crippen LogP) is 3.73. The Bertz CT molecular complexity index is 1190. The number of nitro benzene ring substituents is 1. The summed E-state index contributed by atoms with van der Waals surface area (Å²) in [6, 6.07) is 9.76. The van der Waals surface area contributed by atoms with E-state index in [1.54, 1.807) is 36.0 Å². The molecule has 10 nitrogen and oxygen atoms in total. The number of amides is 1. The number of hydrogen-bond donors (Lipinski definition) is 1. The molecule has 4 rings (SSSR count). The number of nitrogens with one attached hydrogen (secondary N) is 1. The molecule has 0 fully saturated rings. The molecule has 1 amide bonds. The van der Waals surface area contributed by atoms with Gasteiger partial charge in [0.1, 0.15) is 0 Å². The largest absolute Gasteiger partial charge is 0.339 e. The number of carbonyl (C=O) groups excluding carboxylic acids is 1. The Labute approximate surface area is 173 Å². The molecule has 1 aromatic carbocycles. The number of nitro groups is 1. The number of aryl methyl sites for hydroxylation is 1. The minimum Gasteiger partial charge on any atom is -0.339 e. The maximum absolute atomic E-state index is 12.2. The lowest BCUT2D eigenvalue weighted by molar-refractivity contribution is -0.384. The Hall–Kier alpha value is -3.99. The van der Waals surface area contributed by atoms with E-state index < -0.39 is 4.92 Å². The molecule has 3 heterocycles. The van der Waals surface area contributed by atoms with Gasteiger partial charge in [-0.2, -0.15) is 4.98 Å². The summed E-state index contributed by atoms with van der Waals surface area (Å²) in [6.45, 7) is 0. The highest BCUT2D eigenvalue weighted by Gasteiger charge is 2.13. The second kappa shape index (κ2) is 8.57. The molecule has 4 aromatic rings. The third kappa shape index (κ3) is 4.52. The van der Waals surface area contributed by atoms with Crippen molar-refractivity contribution in [2.24, 2.45) is 0 Å². The lowest BCUT2D eigenvalue weighted by Crippen LogP contribution is -2.12. The minimum absolute atomic E-state index is 0.0173. The summed E-state index contributed by atoms with van der Waals surface area (Å²) in [4.78, 5) is 35.3. The fraction of sp³-hybridized carbons (Fsp3) is 0.105. The van der Waals surface area contributed by atoms with Crippen LogP contribution in [0.5, 0.6) is 0 Å². The molecular formula is C19H14N6O4S. The smallest absolute Gasteiger partial charge is 0.270 e. The lowest BCUT2D eigenvalue weighted by atomic mass is 10.1. The molecule has 0 aliphatic rings. The number of nitrogens with zero attached hydrogens (tertiary/aromatic N) is 5. The normalized spacial score (nSPS) is 10.7. The van der Waals surface area contributed by atoms with Crippen LogP contribution in [0.4, 0.5) is 10.8 Å². The van der Waals surface area contributed by atoms with Crippen LogP contribution in [-0.2, 0) is 11.2 Å². The van der Waals surface area contributed by atoms with Gasteiger partial charge in [0.2, 0.25) is 17.6 Å². The number of anilines is 1. The van der Waals surface area contributed by atoms with Crippen molar-refractivity contribution in [3.8, 4) is 22.6 Å². The zero-order valence-corrected chi connectivity index (χ0v) is 16.2. The van der Waals surface area contributed by atoms with Crippen LogP contribution in [0.3, 0.4) is 0 Å². The van der Waals surface area contributed by atoms with Crippen LogP contribution in [0.15, 0.2) is 58.7 Å². The molecule has 0 aliphatic heterocycles. The van der Waals surface area contributed by atoms with Gasteiger partial charge in [0.25, 0.3) is 5.69 Å². The van der Waals surface area contributed by atoms with Gasteiger partial charge in [0.15, 0.2) is 5.13 Å². The molecule has 3 aromatic heterocycles. The van der Waals surface area contributed by atoms with E-state index in [2.05, 4.69) is 25.4 Å². The van der Waals surface area contributed by atoms with Crippen LogP contribution in [0.25, 0.3) is 22.6 Å². The summed E-state index contributed by atoms with van der Waals surface area (Å²) in [7, 11) is 0. The molecule has 0 spiro atoms. The summed E-state index contributed by atoms with van der Waals surface area (Å²) < 4.78 is 5.18. The molecule has 0 unspecified atom stereocenters. The highest BCUT2D eigenvalue weighted by Crippen LogP contribution is 2.27. The predicted molar refractivity (Wildman–Crippen MR) is 109 cm³/mol. The molecule has 0 saturated carbocycles. The number of pyridine rings is 1. The first kappa shape index (κ1) is 19.3. The van der Waals surface area contributed by atoms with E-state index in [9.17, 15) is 14.9 Å². The van der Waals surface area contributed by atoms with Crippen molar-refractivity contribution in [2.45, 2.75) is 12.8 Å². The Kier molecular flexibility index (Phi) is 5.52. The van der Waals surface area contributed by atoms with Crippen LogP contribution in [0.2, 0.25) is 0 Å². The maximum atomic E-state index is 12.2. The fourth-order valence-corrected chi connectivity index (χ4v) is 3.35. The van der Waals surface area contributed by atoms with Gasteiger partial charge in [-0.25, -0.2) is 4.98 Å². The van der Waals surface area contributed by atoms with Crippen LogP contribution < -0.4 is 5.32 Å². The van der Waals surface area contributed by atoms with Gasteiger partial charge in [-0.1, -0.05) is 17.3 Å². The Morgan fingerprint density at radius 1 is 1.20 bits per heavy atom. The molecule has 0 radical (unpaired) electrons. The average molecular weight is 422 g/mol. The zero-order chi connectivity index (χ0) is 20.9. The number of benzene rings is 1. The van der Waals surface area contributed by atoms with Crippen LogP contribution in [-0.4, -0.2) is 30.9 Å². The zero-order valence-electron chi connectivity index (χ0n) is 15.4. The molecule has 0 atom stereocenters. The van der Waals surface area contributed by atoms with Gasteiger partial charge in [0, 0.05) is 53.9 Å². The number of aromatic nitrogens is 4. The van der Waals surface area contributed by atoms with Crippen molar-refractivity contribution in [3.63, 3.8) is 0 Å². The van der Waals surface area contributed by atoms with Crippen molar-refractivity contribution in [3.05, 3.63) is 70.2 Å². The van der Waals surface area contributed by atoms with Gasteiger partial charge in [0.05, 0.1) is 10.6 Å². The summed E-state index contributed by atoms with van der Waals surface area (Å²) in [5.41, 5.74) is 1.87. The highest BCUT2D eigenvalue weighted by atomic mass is 32.1. The van der Waals surface area contributed by atoms with Gasteiger partial charge in [-0.3, -0.25) is 19.9 Å². The van der Waals surface area contributed by atoms with Crippen molar-refractivity contribution < 1.29 is 14.2 Å². The second-order valence-electron chi connectivity index (χ2n) is 6.15. The van der Waals surface area contributed by atoms with Crippen LogP contribution in [0, 0.1) is 10.1 Å². The molecule has 150 valence electrons. The summed E-state index contributed by atoms with van der Waals surface area (Å²) >= 11 is 1.24. The lowest BCUT2D eigenvalue weighted by Gasteiger charge is -2.00. The second-order valence-corrected chi connectivity index (χ2v) is 7.01. The summed E-state index contributed by atoms with van der Waals surface area (Å²) in [5, 5.41) is 19.7. The first-order chi connectivity index (χ1) is 14.6. The number of carbonyl (C=O) groups is 1. The number of thiazole rings is 1. The SMILES string of the molecule is O=C(CCc1nc(-c2cccnc2)no1)Nc1nc(-c2cccc([N+](=O)[O-])c2)cs1. The Balaban J connectivity index is 1.35. The van der Waals surface area contributed by atoms with E-state index in [4.69, 9.17) is 4.52 Å². The van der Waals surface area contributed by atoms with E-state index in [0.717, 1.165) is 5.56 Å². The number of hydrogen-bond acceptors (Lipinski definition) is 9. The van der Waals surface area contributed by atoms with Crippen LogP contribution in [0.1, 0.15) is 12.3 Å². The van der Waals surface area contributed by atoms with Gasteiger partial charge < -0.3 is 9.84 Å². The number of non-ortho nitro benzene ring substituents is 1. The van der Waals surface area contributed by atoms with E-state index >= 15 is 0 Å². The van der Waals surface area contributed by atoms with Crippen molar-refractivity contribution >= 4 is 28.1 Å². The topological polar surface area (TPSA) is 137 Å². The third-order valence-corrected chi connectivity index (χ3v) is 4.81. The van der Waals surface area contributed by atoms with Crippen LogP contribution >= 0.6 is 11.3 Å². The molecule has 30 heavy (non-hydrogen) atoms. The molecule has 1 N–H and O–H groups in total. The molecular weight excluding hydrogens is 408 g/mol. The monoisotopic (exact) mass is 422 g/mol. The summed E-state index contributed by atoms with van der Waals surface area (Å²) in [5.74, 6) is 0.511. The Morgan fingerprint density at radius 2 is 2.07 bits per heavy atom. The fourth-order valence-electron chi connectivity index (χ4n) is 2.61. The first-order valence-electron chi connectivity index (χ1n) is 8.82. The van der Waals surface area contributed by atoms with E-state index in [0.29, 0.717) is 28.1 Å². The van der Waals surface area contributed by atoms with Crippen molar-refractivity contribution in [2.75, 3.05) is 5.32 Å². The summed E-state index contributed by atoms with van der Waals surface area (Å²) in [6.07, 6.45) is 3.70. The van der Waals surface area contributed by atoms with Gasteiger partial charge in [-0.05, 0) is 12.1 Å². The number of rotatable bonds is 7. The van der Waals surface area contributed by atoms with E-state index in [-0.39, 0.29) is 24.4 Å². The maximum Gasteiger partial charge on any atom is 0.270 e. The highest BCUT2D eigenvalue weighted by molar-refractivity contribution is 7.14. The van der Waals surface area contributed by atoms with Crippen molar-refractivity contribution in [1.29, 1.82) is 0 Å². The molecule has 11 heteroatoms. The van der Waals surface area contributed by atoms with Gasteiger partial charge in [-0.15, -0.1) is 11.3 Å². The quantitative estimate of drug-likeness (QED) is 0.351. The standard InChI is InChI=1S/C19H14N6O4S/c26-16(6-7-17-23-18(24-29-17)13-4-2-8-20-10-13)22-19-21-15(11-30-19)12-3-1-5-14(9-12)25(27)28/h1-5,8-11H,6-7H2,(H,21,22,26). The van der Waals surface area contributed by atoms with E-state index in [1.165, 1.54) is 23.5 Å². The van der Waals surface area contributed by atoms with Crippen molar-refractivity contribution in [1.82, 2.24) is 20.1 Å². The average Bonchev–Trinajstić information content (AvgIpc) is 3.43. The van der Waals surface area contributed by atoms with E-state index in [1.807, 2.05) is 6.07 Å². The van der Waals surface area contributed by atoms with Gasteiger partial charge >= 0.3 is 0 Å². The minimum atomic E-state index is -0.462. The molecule has 0 saturated heterocycles. The third-order valence-electron chi connectivity index (χ3n) is 4.06. The molecule has 0 bridgehead atoms. The Morgan fingerprint density at radius 3 is 2.87 bits per heavy atom. The molecule has 0 aliphatic carbocycles.